The molecule has 0 aliphatic heterocycles. The van der Waals surface area contributed by atoms with Gasteiger partial charge in [-0.2, -0.15) is 0 Å². The number of amides is 3. The number of nitrogens with zero attached hydrogens (tertiary/aromatic N) is 2. The molecular formula is C32H40N4O3S. The van der Waals surface area contributed by atoms with Crippen LogP contribution < -0.4 is 11.1 Å². The second kappa shape index (κ2) is 14.1. The van der Waals surface area contributed by atoms with Crippen LogP contribution in [-0.2, 0) is 27.2 Å². The lowest BCUT2D eigenvalue weighted by atomic mass is 9.93. The first-order chi connectivity index (χ1) is 19.0. The zero-order valence-corrected chi connectivity index (χ0v) is 24.8. The summed E-state index contributed by atoms with van der Waals surface area (Å²) in [5.41, 5.74) is 8.57. The molecule has 0 fully saturated rings. The molecule has 1 heterocycles. The lowest BCUT2D eigenvalue weighted by molar-refractivity contribution is -0.146. The molecule has 7 nitrogen and oxygen atoms in total. The topological polar surface area (TPSA) is 95.7 Å². The molecule has 0 saturated carbocycles. The first-order valence-electron chi connectivity index (χ1n) is 13.4. The van der Waals surface area contributed by atoms with Gasteiger partial charge in [0.25, 0.3) is 0 Å². The third-order valence-corrected chi connectivity index (χ3v) is 7.76. The van der Waals surface area contributed by atoms with Crippen LogP contribution in [0.25, 0.3) is 11.1 Å². The fraction of sp³-hybridized carbons (Fsp3) is 0.344. The van der Waals surface area contributed by atoms with Crippen LogP contribution in [0.4, 0.5) is 0 Å². The predicted molar refractivity (Wildman–Crippen MR) is 163 cm³/mol. The number of hydrogen-bond acceptors (Lipinski definition) is 5. The summed E-state index contributed by atoms with van der Waals surface area (Å²) in [6.45, 7) is 3.78. The van der Waals surface area contributed by atoms with Crippen LogP contribution in [0.1, 0.15) is 30.7 Å². The first-order valence-corrected chi connectivity index (χ1v) is 14.3. The summed E-state index contributed by atoms with van der Waals surface area (Å²) in [4.78, 5) is 44.4. The van der Waals surface area contributed by atoms with Gasteiger partial charge in [0.1, 0.15) is 12.1 Å². The highest BCUT2D eigenvalue weighted by molar-refractivity contribution is 7.09. The highest BCUT2D eigenvalue weighted by Gasteiger charge is 2.35. The van der Waals surface area contributed by atoms with Gasteiger partial charge in [0.05, 0.1) is 0 Å². The first kappa shape index (κ1) is 30.8. The lowest BCUT2D eigenvalue weighted by Crippen LogP contribution is -2.55. The third-order valence-electron chi connectivity index (χ3n) is 6.86. The molecule has 2 atom stereocenters. The van der Waals surface area contributed by atoms with Crippen molar-refractivity contribution in [2.24, 2.45) is 5.73 Å². The number of hydrogen-bond donors (Lipinski definition) is 2. The number of rotatable bonds is 12. The van der Waals surface area contributed by atoms with E-state index in [2.05, 4.69) is 5.32 Å². The summed E-state index contributed by atoms with van der Waals surface area (Å²) in [6.07, 6.45) is 4.40. The molecule has 212 valence electrons. The van der Waals surface area contributed by atoms with Crippen molar-refractivity contribution in [2.45, 2.75) is 50.7 Å². The molecule has 0 bridgehead atoms. The van der Waals surface area contributed by atoms with E-state index in [9.17, 15) is 14.4 Å². The summed E-state index contributed by atoms with van der Waals surface area (Å²) < 4.78 is 0. The van der Waals surface area contributed by atoms with Crippen molar-refractivity contribution >= 4 is 29.1 Å². The lowest BCUT2D eigenvalue weighted by Gasteiger charge is -2.34. The predicted octanol–water partition coefficient (Wildman–Crippen LogP) is 4.28. The van der Waals surface area contributed by atoms with E-state index >= 15 is 0 Å². The quantitative estimate of drug-likeness (QED) is 0.323. The van der Waals surface area contributed by atoms with Gasteiger partial charge in [-0.3, -0.25) is 14.4 Å². The fourth-order valence-corrected chi connectivity index (χ4v) is 5.25. The molecule has 0 radical (unpaired) electrons. The van der Waals surface area contributed by atoms with E-state index in [1.807, 2.05) is 86.0 Å². The normalized spacial score (nSPS) is 13.1. The van der Waals surface area contributed by atoms with Gasteiger partial charge >= 0.3 is 0 Å². The van der Waals surface area contributed by atoms with Gasteiger partial charge in [-0.1, -0.05) is 66.7 Å². The van der Waals surface area contributed by atoms with Crippen molar-refractivity contribution < 1.29 is 14.4 Å². The second-order valence-electron chi connectivity index (χ2n) is 10.6. The van der Waals surface area contributed by atoms with E-state index in [1.165, 1.54) is 27.2 Å². The Morgan fingerprint density at radius 3 is 2.23 bits per heavy atom. The molecule has 3 N–H and O–H groups in total. The van der Waals surface area contributed by atoms with Gasteiger partial charge in [-0.25, -0.2) is 0 Å². The van der Waals surface area contributed by atoms with Gasteiger partial charge < -0.3 is 20.9 Å². The van der Waals surface area contributed by atoms with Crippen LogP contribution in [0, 0.1) is 0 Å². The summed E-state index contributed by atoms with van der Waals surface area (Å²) in [5, 5.41) is 4.64. The van der Waals surface area contributed by atoms with Gasteiger partial charge in [0.2, 0.25) is 17.7 Å². The third kappa shape index (κ3) is 8.37. The molecule has 3 amide bonds. The number of carbonyl (C=O) groups is 3. The number of nitrogens with two attached hydrogens (primary N) is 1. The van der Waals surface area contributed by atoms with Gasteiger partial charge in [0, 0.05) is 44.4 Å². The number of likely N-dealkylation sites (N-methyl/N-ethyl adjacent to an activating group) is 3. The van der Waals surface area contributed by atoms with E-state index in [1.54, 1.807) is 27.2 Å². The largest absolute Gasteiger partial charge is 0.357 e. The molecule has 1 aromatic heterocycles. The van der Waals surface area contributed by atoms with Crippen molar-refractivity contribution in [1.82, 2.24) is 15.1 Å². The molecule has 3 aromatic rings. The molecule has 8 heteroatoms. The Hall–Kier alpha value is -3.75. The van der Waals surface area contributed by atoms with Gasteiger partial charge in [-0.05, 0) is 54.5 Å². The zero-order valence-electron chi connectivity index (χ0n) is 24.0. The summed E-state index contributed by atoms with van der Waals surface area (Å²) >= 11 is 1.54. The summed E-state index contributed by atoms with van der Waals surface area (Å²) in [7, 11) is 4.84. The minimum Gasteiger partial charge on any atom is -0.357 e. The van der Waals surface area contributed by atoms with Crippen LogP contribution in [-0.4, -0.2) is 66.3 Å². The molecule has 3 rings (SSSR count). The highest BCUT2D eigenvalue weighted by atomic mass is 32.1. The molecule has 0 aliphatic rings. The molecule has 0 spiro atoms. The average Bonchev–Trinajstić information content (AvgIpc) is 3.46. The Bertz CT molecular complexity index is 1300. The van der Waals surface area contributed by atoms with Gasteiger partial charge in [-0.15, -0.1) is 11.3 Å². The van der Waals surface area contributed by atoms with Crippen LogP contribution in [0.15, 0.2) is 84.3 Å². The van der Waals surface area contributed by atoms with E-state index in [4.69, 9.17) is 5.73 Å². The Labute approximate surface area is 241 Å². The van der Waals surface area contributed by atoms with Crippen LogP contribution >= 0.6 is 11.3 Å². The Balaban J connectivity index is 1.98. The maximum absolute atomic E-state index is 14.2. The molecule has 2 aromatic carbocycles. The Kier molecular flexibility index (Phi) is 10.8. The van der Waals surface area contributed by atoms with E-state index in [0.717, 1.165) is 21.6 Å². The minimum atomic E-state index is -0.839. The summed E-state index contributed by atoms with van der Waals surface area (Å²) in [5.74, 6) is -0.869. The molecule has 40 heavy (non-hydrogen) atoms. The number of carbonyl (C=O) groups excluding carboxylic acids is 3. The van der Waals surface area contributed by atoms with E-state index < -0.39 is 17.6 Å². The summed E-state index contributed by atoms with van der Waals surface area (Å²) in [6, 6.07) is 20.2. The average molecular weight is 561 g/mol. The maximum Gasteiger partial charge on any atom is 0.246 e. The Morgan fingerprint density at radius 2 is 1.60 bits per heavy atom. The van der Waals surface area contributed by atoms with Crippen LogP contribution in [0.5, 0.6) is 0 Å². The minimum absolute atomic E-state index is 0.258. The fourth-order valence-electron chi connectivity index (χ4n) is 4.51. The van der Waals surface area contributed by atoms with Crippen molar-refractivity contribution in [3.63, 3.8) is 0 Å². The zero-order chi connectivity index (χ0) is 29.3. The monoisotopic (exact) mass is 560 g/mol. The number of nitrogens with one attached hydrogen (secondary N) is 1. The number of benzene rings is 2. The highest BCUT2D eigenvalue weighted by Crippen LogP contribution is 2.26. The molecule has 0 saturated heterocycles. The standard InChI is InChI=1S/C32H40N4O3S/c1-32(2,33)19-11-18-29(37)35(4)28(21-24-15-9-10-17-26(24)23-13-7-6-8-14-23)31(39)36(5)27(30(38)34-3)22-25-16-12-20-40-25/h6-18,20,27-28H,19,21-22,33H2,1-5H3,(H,34,38)/t27-,28-/m1/s1. The van der Waals surface area contributed by atoms with Crippen molar-refractivity contribution in [2.75, 3.05) is 21.1 Å². The Morgan fingerprint density at radius 1 is 0.925 bits per heavy atom. The van der Waals surface area contributed by atoms with Crippen LogP contribution in [0.2, 0.25) is 0 Å². The maximum atomic E-state index is 14.2. The van der Waals surface area contributed by atoms with Crippen LogP contribution in [0.3, 0.4) is 0 Å². The van der Waals surface area contributed by atoms with E-state index in [0.29, 0.717) is 12.8 Å². The molecule has 0 unspecified atom stereocenters. The van der Waals surface area contributed by atoms with Crippen molar-refractivity contribution in [1.29, 1.82) is 0 Å². The molecule has 0 aliphatic carbocycles. The number of thiophene rings is 1. The van der Waals surface area contributed by atoms with Crippen molar-refractivity contribution in [3.8, 4) is 11.1 Å². The second-order valence-corrected chi connectivity index (χ2v) is 11.7. The SMILES string of the molecule is CNC(=O)[C@@H](Cc1cccs1)N(C)C(=O)[C@@H](Cc1ccccc1-c1ccccc1)N(C)C(=O)C=CCC(C)(C)N. The van der Waals surface area contributed by atoms with E-state index in [-0.39, 0.29) is 24.1 Å². The van der Waals surface area contributed by atoms with Crippen molar-refractivity contribution in [3.05, 3.63) is 94.7 Å². The van der Waals surface area contributed by atoms with Gasteiger partial charge in [0.15, 0.2) is 0 Å². The molecular weight excluding hydrogens is 520 g/mol. The smallest absolute Gasteiger partial charge is 0.246 e.